The van der Waals surface area contributed by atoms with Crippen LogP contribution >= 0.6 is 0 Å². The van der Waals surface area contributed by atoms with Gasteiger partial charge >= 0.3 is 0 Å². The van der Waals surface area contributed by atoms with Crippen molar-refractivity contribution in [3.05, 3.63) is 24.3 Å². The molecule has 0 aliphatic heterocycles. The predicted octanol–water partition coefficient (Wildman–Crippen LogP) is 4.83. The highest BCUT2D eigenvalue weighted by atomic mass is 16.2. The Labute approximate surface area is 140 Å². The Morgan fingerprint density at radius 2 is 1.70 bits per heavy atom. The van der Waals surface area contributed by atoms with Gasteiger partial charge in [0.2, 0.25) is 11.8 Å². The molecule has 4 heteroatoms. The van der Waals surface area contributed by atoms with Crippen molar-refractivity contribution in [2.24, 2.45) is 11.3 Å². The molecule has 0 saturated heterocycles. The van der Waals surface area contributed by atoms with Crippen molar-refractivity contribution in [2.45, 2.75) is 60.3 Å². The molecule has 2 amide bonds. The van der Waals surface area contributed by atoms with Crippen molar-refractivity contribution in [2.75, 3.05) is 10.6 Å². The Hall–Kier alpha value is -1.84. The van der Waals surface area contributed by atoms with Crippen molar-refractivity contribution >= 4 is 23.2 Å². The second-order valence-corrected chi connectivity index (χ2v) is 7.02. The summed E-state index contributed by atoms with van der Waals surface area (Å²) in [6, 6.07) is 7.31. The van der Waals surface area contributed by atoms with Gasteiger partial charge in [-0.15, -0.1) is 0 Å². The number of hydrogen-bond donors (Lipinski definition) is 2. The maximum Gasteiger partial charge on any atom is 0.229 e. The first-order valence-electron chi connectivity index (χ1n) is 8.50. The lowest BCUT2D eigenvalue weighted by Gasteiger charge is -2.18. The molecule has 1 atom stereocenters. The molecule has 0 radical (unpaired) electrons. The summed E-state index contributed by atoms with van der Waals surface area (Å²) in [5.41, 5.74) is 0.966. The van der Waals surface area contributed by atoms with Crippen LogP contribution < -0.4 is 10.6 Å². The molecule has 0 saturated carbocycles. The molecule has 1 unspecified atom stereocenters. The third-order valence-corrected chi connectivity index (χ3v) is 3.84. The number of rotatable bonds is 7. The fraction of sp³-hybridized carbons (Fsp3) is 0.579. The lowest BCUT2D eigenvalue weighted by atomic mass is 9.95. The number of nitrogens with one attached hydrogen (secondary N) is 2. The third-order valence-electron chi connectivity index (χ3n) is 3.84. The van der Waals surface area contributed by atoms with Crippen LogP contribution in [0.2, 0.25) is 0 Å². The Morgan fingerprint density at radius 3 is 2.22 bits per heavy atom. The minimum absolute atomic E-state index is 0.0442. The van der Waals surface area contributed by atoms with Crippen LogP contribution in [-0.4, -0.2) is 11.8 Å². The number of carbonyl (C=O) groups excluding carboxylic acids is 2. The fourth-order valence-electron chi connectivity index (χ4n) is 2.21. The minimum atomic E-state index is -0.452. The maximum atomic E-state index is 12.3. The van der Waals surface area contributed by atoms with Gasteiger partial charge in [-0.1, -0.05) is 53.5 Å². The fourth-order valence-corrected chi connectivity index (χ4v) is 2.21. The zero-order valence-electron chi connectivity index (χ0n) is 15.0. The van der Waals surface area contributed by atoms with Crippen LogP contribution in [0, 0.1) is 11.3 Å². The first-order chi connectivity index (χ1) is 10.8. The van der Waals surface area contributed by atoms with E-state index in [2.05, 4.69) is 17.6 Å². The van der Waals surface area contributed by atoms with Gasteiger partial charge in [-0.05, 0) is 31.0 Å². The SMILES string of the molecule is CCCCC(CC)C(=O)Nc1cccc(NC(=O)C(C)(C)C)c1. The van der Waals surface area contributed by atoms with Crippen LogP contribution in [0.5, 0.6) is 0 Å². The van der Waals surface area contributed by atoms with E-state index in [9.17, 15) is 9.59 Å². The number of unbranched alkanes of at least 4 members (excludes halogenated alkanes) is 1. The van der Waals surface area contributed by atoms with Crippen LogP contribution in [0.15, 0.2) is 24.3 Å². The van der Waals surface area contributed by atoms with Gasteiger partial charge in [-0.25, -0.2) is 0 Å². The largest absolute Gasteiger partial charge is 0.326 e. The monoisotopic (exact) mass is 318 g/mol. The summed E-state index contributed by atoms with van der Waals surface area (Å²) < 4.78 is 0. The van der Waals surface area contributed by atoms with Gasteiger partial charge in [0.05, 0.1) is 0 Å². The van der Waals surface area contributed by atoms with E-state index < -0.39 is 5.41 Å². The van der Waals surface area contributed by atoms with E-state index >= 15 is 0 Å². The second-order valence-electron chi connectivity index (χ2n) is 7.02. The molecule has 0 aromatic heterocycles. The van der Waals surface area contributed by atoms with Crippen LogP contribution in [0.25, 0.3) is 0 Å². The molecule has 0 fully saturated rings. The van der Waals surface area contributed by atoms with E-state index in [4.69, 9.17) is 0 Å². The Bertz CT molecular complexity index is 532. The van der Waals surface area contributed by atoms with Gasteiger partial charge in [0, 0.05) is 22.7 Å². The van der Waals surface area contributed by atoms with Gasteiger partial charge < -0.3 is 10.6 Å². The van der Waals surface area contributed by atoms with E-state index in [0.29, 0.717) is 5.69 Å². The standard InChI is InChI=1S/C19H30N2O2/c1-6-8-10-14(7-2)17(22)20-15-11-9-12-16(13-15)21-18(23)19(3,4)5/h9,11-14H,6-8,10H2,1-5H3,(H,20,22)(H,21,23). The predicted molar refractivity (Wildman–Crippen MR) is 96.5 cm³/mol. The molecule has 0 bridgehead atoms. The molecular weight excluding hydrogens is 288 g/mol. The summed E-state index contributed by atoms with van der Waals surface area (Å²) >= 11 is 0. The first kappa shape index (κ1) is 19.2. The zero-order valence-corrected chi connectivity index (χ0v) is 15.0. The van der Waals surface area contributed by atoms with Crippen LogP contribution in [-0.2, 0) is 9.59 Å². The van der Waals surface area contributed by atoms with Gasteiger partial charge in [0.25, 0.3) is 0 Å². The summed E-state index contributed by atoms with van der Waals surface area (Å²) in [5, 5.41) is 5.85. The Kier molecular flexibility index (Phi) is 7.27. The molecule has 4 nitrogen and oxygen atoms in total. The highest BCUT2D eigenvalue weighted by molar-refractivity contribution is 5.96. The molecule has 0 heterocycles. The Balaban J connectivity index is 2.73. The quantitative estimate of drug-likeness (QED) is 0.756. The van der Waals surface area contributed by atoms with E-state index in [0.717, 1.165) is 31.4 Å². The van der Waals surface area contributed by atoms with Crippen molar-refractivity contribution in [1.29, 1.82) is 0 Å². The topological polar surface area (TPSA) is 58.2 Å². The number of hydrogen-bond acceptors (Lipinski definition) is 2. The van der Waals surface area contributed by atoms with Crippen molar-refractivity contribution in [3.8, 4) is 0 Å². The van der Waals surface area contributed by atoms with Gasteiger partial charge in [0.1, 0.15) is 0 Å². The highest BCUT2D eigenvalue weighted by Crippen LogP contribution is 2.21. The summed E-state index contributed by atoms with van der Waals surface area (Å²) in [6.07, 6.45) is 3.91. The van der Waals surface area contributed by atoms with E-state index in [1.54, 1.807) is 6.07 Å². The molecule has 1 aromatic carbocycles. The van der Waals surface area contributed by atoms with Gasteiger partial charge in [-0.2, -0.15) is 0 Å². The lowest BCUT2D eigenvalue weighted by molar-refractivity contribution is -0.123. The normalized spacial score (nSPS) is 12.6. The number of anilines is 2. The molecule has 0 aliphatic rings. The first-order valence-corrected chi connectivity index (χ1v) is 8.50. The molecule has 23 heavy (non-hydrogen) atoms. The summed E-state index contributed by atoms with van der Waals surface area (Å²) in [6.45, 7) is 9.78. The van der Waals surface area contributed by atoms with Crippen molar-refractivity contribution in [1.82, 2.24) is 0 Å². The summed E-state index contributed by atoms with van der Waals surface area (Å²) in [5.74, 6) is 0.0541. The second kappa shape index (κ2) is 8.70. The molecular formula is C19H30N2O2. The molecule has 1 rings (SSSR count). The molecule has 128 valence electrons. The van der Waals surface area contributed by atoms with Crippen molar-refractivity contribution in [3.63, 3.8) is 0 Å². The summed E-state index contributed by atoms with van der Waals surface area (Å²) in [4.78, 5) is 24.4. The summed E-state index contributed by atoms with van der Waals surface area (Å²) in [7, 11) is 0. The minimum Gasteiger partial charge on any atom is -0.326 e. The number of benzene rings is 1. The van der Waals surface area contributed by atoms with E-state index in [1.165, 1.54) is 0 Å². The van der Waals surface area contributed by atoms with Crippen LogP contribution in [0.3, 0.4) is 0 Å². The average Bonchev–Trinajstić information content (AvgIpc) is 2.47. The van der Waals surface area contributed by atoms with Crippen LogP contribution in [0.4, 0.5) is 11.4 Å². The molecule has 1 aromatic rings. The lowest BCUT2D eigenvalue weighted by Crippen LogP contribution is -2.27. The maximum absolute atomic E-state index is 12.3. The van der Waals surface area contributed by atoms with Gasteiger partial charge in [0.15, 0.2) is 0 Å². The number of carbonyl (C=O) groups is 2. The number of amides is 2. The van der Waals surface area contributed by atoms with Gasteiger partial charge in [-0.3, -0.25) is 9.59 Å². The third kappa shape index (κ3) is 6.43. The molecule has 2 N–H and O–H groups in total. The van der Waals surface area contributed by atoms with Crippen LogP contribution in [0.1, 0.15) is 60.3 Å². The van der Waals surface area contributed by atoms with E-state index in [1.807, 2.05) is 45.9 Å². The average molecular weight is 318 g/mol. The Morgan fingerprint density at radius 1 is 1.09 bits per heavy atom. The zero-order chi connectivity index (χ0) is 17.5. The van der Waals surface area contributed by atoms with E-state index in [-0.39, 0.29) is 17.7 Å². The highest BCUT2D eigenvalue weighted by Gasteiger charge is 2.21. The van der Waals surface area contributed by atoms with Crippen molar-refractivity contribution < 1.29 is 9.59 Å². The molecule has 0 aliphatic carbocycles. The molecule has 0 spiro atoms. The smallest absolute Gasteiger partial charge is 0.229 e.